The monoisotopic (exact) mass is 431 g/mol. The van der Waals surface area contributed by atoms with E-state index >= 15 is 0 Å². The Morgan fingerprint density at radius 2 is 2.03 bits per heavy atom. The van der Waals surface area contributed by atoms with Crippen LogP contribution in [0.15, 0.2) is 36.4 Å². The van der Waals surface area contributed by atoms with Crippen LogP contribution in [0.2, 0.25) is 0 Å². The van der Waals surface area contributed by atoms with Crippen LogP contribution in [0.25, 0.3) is 21.9 Å². The number of phenols is 1. The molecule has 0 atom stereocenters. The Morgan fingerprint density at radius 3 is 2.81 bits per heavy atom. The largest absolute Gasteiger partial charge is 0.507 e. The first-order chi connectivity index (χ1) is 15.0. The molecule has 2 aromatic heterocycles. The summed E-state index contributed by atoms with van der Waals surface area (Å²) >= 11 is 1.12. The minimum absolute atomic E-state index is 0.257. The van der Waals surface area contributed by atoms with Gasteiger partial charge in [-0.1, -0.05) is 37.6 Å². The maximum absolute atomic E-state index is 10.4. The molecule has 0 fully saturated rings. The number of nitrogens with zero attached hydrogens (tertiary/aromatic N) is 4. The topological polar surface area (TPSA) is 101 Å². The summed E-state index contributed by atoms with van der Waals surface area (Å²) in [6.45, 7) is 4.66. The van der Waals surface area contributed by atoms with Crippen LogP contribution in [0.4, 0.5) is 5.82 Å². The molecule has 2 aromatic carbocycles. The number of unbranched alkanes of at least 4 members (excludes halogenated alkanes) is 1. The molecule has 158 valence electrons. The second-order valence-electron chi connectivity index (χ2n) is 7.73. The molecule has 0 aliphatic rings. The van der Waals surface area contributed by atoms with Crippen molar-refractivity contribution in [2.75, 3.05) is 5.73 Å². The average Bonchev–Trinajstić information content (AvgIpc) is 3.12. The quantitative estimate of drug-likeness (QED) is 0.386. The van der Waals surface area contributed by atoms with E-state index in [2.05, 4.69) is 27.9 Å². The van der Waals surface area contributed by atoms with Gasteiger partial charge >= 0.3 is 0 Å². The number of nitrogen functional groups attached to an aromatic ring is 1. The second kappa shape index (κ2) is 8.86. The van der Waals surface area contributed by atoms with Crippen LogP contribution < -0.4 is 5.73 Å². The molecule has 7 heteroatoms. The SMILES string of the molecule is CCCCc1nc2c(N)nc3ccccc3c2n1Cc1cc(C)c(O)c(CSC#N)c1. The molecule has 31 heavy (non-hydrogen) atoms. The van der Waals surface area contributed by atoms with E-state index in [0.717, 1.165) is 75.5 Å². The molecule has 6 nitrogen and oxygen atoms in total. The number of hydrogen-bond donors (Lipinski definition) is 2. The molecule has 3 N–H and O–H groups in total. The Balaban J connectivity index is 1.90. The number of nitriles is 1. The predicted molar refractivity (Wildman–Crippen MR) is 127 cm³/mol. The van der Waals surface area contributed by atoms with Crippen molar-refractivity contribution < 1.29 is 5.11 Å². The Morgan fingerprint density at radius 1 is 1.23 bits per heavy atom. The Kier molecular flexibility index (Phi) is 6.01. The lowest BCUT2D eigenvalue weighted by Crippen LogP contribution is -2.07. The number of aryl methyl sites for hydroxylation is 2. The number of phenolic OH excluding ortho intramolecular Hbond substituents is 1. The van der Waals surface area contributed by atoms with Gasteiger partial charge in [0.05, 0.1) is 11.0 Å². The van der Waals surface area contributed by atoms with Gasteiger partial charge in [0.1, 0.15) is 22.5 Å². The number of rotatable bonds is 7. The van der Waals surface area contributed by atoms with E-state index in [-0.39, 0.29) is 5.75 Å². The van der Waals surface area contributed by atoms with Crippen LogP contribution in [0.5, 0.6) is 5.75 Å². The molecular weight excluding hydrogens is 406 g/mol. The first-order valence-electron chi connectivity index (χ1n) is 10.4. The van der Waals surface area contributed by atoms with E-state index in [1.54, 1.807) is 0 Å². The highest BCUT2D eigenvalue weighted by Crippen LogP contribution is 2.32. The van der Waals surface area contributed by atoms with Gasteiger partial charge in [0.25, 0.3) is 0 Å². The maximum Gasteiger partial charge on any atom is 0.152 e. The summed E-state index contributed by atoms with van der Waals surface area (Å²) in [7, 11) is 0. The van der Waals surface area contributed by atoms with Gasteiger partial charge in [0, 0.05) is 29.7 Å². The van der Waals surface area contributed by atoms with E-state index in [1.807, 2.05) is 37.3 Å². The second-order valence-corrected chi connectivity index (χ2v) is 8.49. The average molecular weight is 432 g/mol. The third-order valence-electron chi connectivity index (χ3n) is 5.52. The highest BCUT2D eigenvalue weighted by atomic mass is 32.2. The summed E-state index contributed by atoms with van der Waals surface area (Å²) < 4.78 is 2.23. The Bertz CT molecular complexity index is 1310. The first-order valence-corrected chi connectivity index (χ1v) is 11.4. The third-order valence-corrected chi connectivity index (χ3v) is 6.10. The number of imidazole rings is 1. The molecule has 2 heterocycles. The van der Waals surface area contributed by atoms with Crippen molar-refractivity contribution in [3.05, 3.63) is 58.9 Å². The van der Waals surface area contributed by atoms with Gasteiger partial charge in [-0.2, -0.15) is 5.26 Å². The van der Waals surface area contributed by atoms with E-state index < -0.39 is 0 Å². The molecule has 0 aliphatic carbocycles. The van der Waals surface area contributed by atoms with Gasteiger partial charge in [-0.25, -0.2) is 9.97 Å². The number of anilines is 1. The van der Waals surface area contributed by atoms with Crippen LogP contribution in [-0.2, 0) is 18.7 Å². The van der Waals surface area contributed by atoms with E-state index in [1.165, 1.54) is 0 Å². The molecule has 0 amide bonds. The Hall–Kier alpha value is -3.24. The fraction of sp³-hybridized carbons (Fsp3) is 0.292. The van der Waals surface area contributed by atoms with Gasteiger partial charge in [-0.3, -0.25) is 0 Å². The zero-order chi connectivity index (χ0) is 22.0. The van der Waals surface area contributed by atoms with E-state index in [9.17, 15) is 5.11 Å². The molecule has 0 aliphatic heterocycles. The number of para-hydroxylation sites is 1. The van der Waals surface area contributed by atoms with Gasteiger partial charge in [-0.15, -0.1) is 0 Å². The molecule has 0 saturated heterocycles. The van der Waals surface area contributed by atoms with Crippen molar-refractivity contribution in [2.45, 2.75) is 45.4 Å². The van der Waals surface area contributed by atoms with Crippen LogP contribution in [0.1, 0.15) is 42.3 Å². The number of aromatic nitrogens is 3. The zero-order valence-corrected chi connectivity index (χ0v) is 18.5. The molecule has 4 aromatic rings. The zero-order valence-electron chi connectivity index (χ0n) is 17.7. The molecule has 0 saturated carbocycles. The van der Waals surface area contributed by atoms with Crippen LogP contribution in [-0.4, -0.2) is 19.6 Å². The highest BCUT2D eigenvalue weighted by molar-refractivity contribution is 8.02. The lowest BCUT2D eigenvalue weighted by Gasteiger charge is -2.14. The van der Waals surface area contributed by atoms with Crippen molar-refractivity contribution in [2.24, 2.45) is 0 Å². The lowest BCUT2D eigenvalue weighted by atomic mass is 10.1. The fourth-order valence-electron chi connectivity index (χ4n) is 4.03. The summed E-state index contributed by atoms with van der Waals surface area (Å²) in [5.41, 5.74) is 11.5. The molecular formula is C24H25N5OS. The number of thiocyanates is 1. The van der Waals surface area contributed by atoms with Crippen LogP contribution >= 0.6 is 11.8 Å². The van der Waals surface area contributed by atoms with Crippen LogP contribution in [0.3, 0.4) is 0 Å². The predicted octanol–water partition coefficient (Wildman–Crippen LogP) is 5.29. The van der Waals surface area contributed by atoms with Crippen molar-refractivity contribution in [3.8, 4) is 11.2 Å². The lowest BCUT2D eigenvalue weighted by molar-refractivity contribution is 0.466. The van der Waals surface area contributed by atoms with Crippen molar-refractivity contribution in [3.63, 3.8) is 0 Å². The number of pyridine rings is 1. The van der Waals surface area contributed by atoms with E-state index in [0.29, 0.717) is 18.1 Å². The smallest absolute Gasteiger partial charge is 0.152 e. The normalized spacial score (nSPS) is 11.3. The Labute approximate surface area is 185 Å². The minimum Gasteiger partial charge on any atom is -0.507 e. The summed E-state index contributed by atoms with van der Waals surface area (Å²) in [6, 6.07) is 12.0. The van der Waals surface area contributed by atoms with Gasteiger partial charge in [0.15, 0.2) is 5.82 Å². The number of benzene rings is 2. The third kappa shape index (κ3) is 4.04. The first kappa shape index (κ1) is 21.0. The number of nitrogens with two attached hydrogens (primary N) is 1. The summed E-state index contributed by atoms with van der Waals surface area (Å²) in [5.74, 6) is 2.13. The number of aromatic hydroxyl groups is 1. The summed E-state index contributed by atoms with van der Waals surface area (Å²) in [4.78, 5) is 9.44. The van der Waals surface area contributed by atoms with Crippen molar-refractivity contribution in [1.29, 1.82) is 5.26 Å². The fourth-order valence-corrected chi connectivity index (χ4v) is 4.47. The molecule has 0 bridgehead atoms. The minimum atomic E-state index is 0.257. The molecule has 0 radical (unpaired) electrons. The number of fused-ring (bicyclic) bond motifs is 3. The van der Waals surface area contributed by atoms with Gasteiger partial charge in [0.2, 0.25) is 0 Å². The number of hydrogen-bond acceptors (Lipinski definition) is 6. The number of thioether (sulfide) groups is 1. The molecule has 0 spiro atoms. The van der Waals surface area contributed by atoms with E-state index in [4.69, 9.17) is 16.0 Å². The van der Waals surface area contributed by atoms with Gasteiger partial charge < -0.3 is 15.4 Å². The summed E-state index contributed by atoms with van der Waals surface area (Å²) in [6.07, 6.45) is 2.96. The molecule has 4 rings (SSSR count). The standard InChI is InChI=1S/C24H25N5OS/c1-3-4-9-20-28-21-22(18-7-5-6-8-19(18)27-24(21)26)29(20)12-16-10-15(2)23(30)17(11-16)13-31-14-25/h5-8,10-11,30H,3-4,9,12-13H2,1-2H3,(H2,26,27). The summed E-state index contributed by atoms with van der Waals surface area (Å²) in [5, 5.41) is 22.5. The van der Waals surface area contributed by atoms with Gasteiger partial charge in [-0.05, 0) is 48.4 Å². The van der Waals surface area contributed by atoms with Crippen molar-refractivity contribution >= 4 is 39.5 Å². The maximum atomic E-state index is 10.4. The van der Waals surface area contributed by atoms with Crippen molar-refractivity contribution in [1.82, 2.24) is 14.5 Å². The van der Waals surface area contributed by atoms with Crippen LogP contribution in [0, 0.1) is 17.6 Å². The molecule has 0 unspecified atom stereocenters. The highest BCUT2D eigenvalue weighted by Gasteiger charge is 2.18.